The molecular formula is C13H17F2NO2. The third-order valence-electron chi connectivity index (χ3n) is 2.68. The van der Waals surface area contributed by atoms with E-state index < -0.39 is 11.6 Å². The van der Waals surface area contributed by atoms with E-state index in [1.165, 1.54) is 6.07 Å². The lowest BCUT2D eigenvalue weighted by molar-refractivity contribution is -0.130. The largest absolute Gasteiger partial charge is 0.396 e. The van der Waals surface area contributed by atoms with Gasteiger partial charge in [0.1, 0.15) is 11.6 Å². The molecule has 0 saturated carbocycles. The Bertz CT molecular complexity index is 410. The van der Waals surface area contributed by atoms with Gasteiger partial charge >= 0.3 is 0 Å². The van der Waals surface area contributed by atoms with Crippen molar-refractivity contribution in [2.24, 2.45) is 0 Å². The quantitative estimate of drug-likeness (QED) is 0.843. The molecule has 1 amide bonds. The molecule has 0 aliphatic rings. The Balaban J connectivity index is 2.67. The molecule has 1 rings (SSSR count). The van der Waals surface area contributed by atoms with Crippen molar-refractivity contribution in [3.8, 4) is 0 Å². The van der Waals surface area contributed by atoms with Gasteiger partial charge in [0.15, 0.2) is 0 Å². The summed E-state index contributed by atoms with van der Waals surface area (Å²) in [6.07, 6.45) is 0.400. The number of aliphatic hydroxyl groups is 1. The first kappa shape index (κ1) is 14.6. The zero-order valence-electron chi connectivity index (χ0n) is 10.3. The predicted molar refractivity (Wildman–Crippen MR) is 64.0 cm³/mol. The third-order valence-corrected chi connectivity index (χ3v) is 2.68. The number of rotatable bonds is 6. The molecule has 0 aliphatic heterocycles. The summed E-state index contributed by atoms with van der Waals surface area (Å²) in [7, 11) is 0. The maximum Gasteiger partial charge on any atom is 0.227 e. The lowest BCUT2D eigenvalue weighted by atomic mass is 10.1. The monoisotopic (exact) mass is 257 g/mol. The Morgan fingerprint density at radius 2 is 2.11 bits per heavy atom. The number of hydrogen-bond donors (Lipinski definition) is 1. The van der Waals surface area contributed by atoms with Crippen molar-refractivity contribution >= 4 is 5.91 Å². The average molecular weight is 257 g/mol. The van der Waals surface area contributed by atoms with Crippen LogP contribution in [0.1, 0.15) is 18.9 Å². The molecule has 0 fully saturated rings. The van der Waals surface area contributed by atoms with Gasteiger partial charge in [0.05, 0.1) is 6.42 Å². The molecule has 0 aliphatic carbocycles. The van der Waals surface area contributed by atoms with Crippen molar-refractivity contribution in [2.75, 3.05) is 19.7 Å². The molecule has 1 N–H and O–H groups in total. The van der Waals surface area contributed by atoms with Crippen LogP contribution in [0, 0.1) is 11.6 Å². The maximum absolute atomic E-state index is 13.4. The second-order valence-electron chi connectivity index (χ2n) is 3.96. The van der Waals surface area contributed by atoms with Gasteiger partial charge in [-0.25, -0.2) is 8.78 Å². The molecule has 3 nitrogen and oxygen atoms in total. The predicted octanol–water partition coefficient (Wildman–Crippen LogP) is 1.74. The van der Waals surface area contributed by atoms with Crippen LogP contribution >= 0.6 is 0 Å². The van der Waals surface area contributed by atoms with Crippen LogP contribution in [0.4, 0.5) is 8.78 Å². The normalized spacial score (nSPS) is 10.4. The Labute approximate surface area is 105 Å². The number of amides is 1. The van der Waals surface area contributed by atoms with Crippen LogP contribution in [0.5, 0.6) is 0 Å². The van der Waals surface area contributed by atoms with E-state index in [0.29, 0.717) is 19.5 Å². The summed E-state index contributed by atoms with van der Waals surface area (Å²) < 4.78 is 26.1. The zero-order chi connectivity index (χ0) is 13.5. The Hall–Kier alpha value is -1.49. The molecule has 0 bridgehead atoms. The van der Waals surface area contributed by atoms with Crippen LogP contribution in [-0.2, 0) is 11.2 Å². The van der Waals surface area contributed by atoms with Gasteiger partial charge in [-0.05, 0) is 25.0 Å². The molecule has 5 heteroatoms. The molecular weight excluding hydrogens is 240 g/mol. The second-order valence-corrected chi connectivity index (χ2v) is 3.96. The van der Waals surface area contributed by atoms with Crippen LogP contribution in [0.2, 0.25) is 0 Å². The van der Waals surface area contributed by atoms with Crippen LogP contribution in [0.3, 0.4) is 0 Å². The van der Waals surface area contributed by atoms with Crippen LogP contribution in [0.25, 0.3) is 0 Å². The molecule has 0 saturated heterocycles. The minimum Gasteiger partial charge on any atom is -0.396 e. The van der Waals surface area contributed by atoms with Gasteiger partial charge in [0.25, 0.3) is 0 Å². The molecule has 0 aromatic heterocycles. The molecule has 1 aromatic rings. The van der Waals surface area contributed by atoms with E-state index in [0.717, 1.165) is 12.1 Å². The highest BCUT2D eigenvalue weighted by Crippen LogP contribution is 2.11. The molecule has 0 unspecified atom stereocenters. The molecule has 1 aromatic carbocycles. The highest BCUT2D eigenvalue weighted by atomic mass is 19.1. The minimum atomic E-state index is -0.707. The summed E-state index contributed by atoms with van der Waals surface area (Å²) >= 11 is 0. The summed E-state index contributed by atoms with van der Waals surface area (Å²) in [6, 6.07) is 3.19. The first-order valence-corrected chi connectivity index (χ1v) is 5.91. The Kier molecular flexibility index (Phi) is 5.71. The van der Waals surface area contributed by atoms with Gasteiger partial charge in [-0.1, -0.05) is 6.07 Å². The number of hydrogen-bond acceptors (Lipinski definition) is 2. The lowest BCUT2D eigenvalue weighted by Gasteiger charge is -2.20. The van der Waals surface area contributed by atoms with E-state index in [1.54, 1.807) is 4.90 Å². The number of nitrogens with zero attached hydrogens (tertiary/aromatic N) is 1. The summed E-state index contributed by atoms with van der Waals surface area (Å²) in [6.45, 7) is 2.77. The van der Waals surface area contributed by atoms with Crippen LogP contribution in [-0.4, -0.2) is 35.6 Å². The number of carbonyl (C=O) groups excluding carboxylic acids is 1. The maximum atomic E-state index is 13.4. The van der Waals surface area contributed by atoms with Crippen molar-refractivity contribution in [2.45, 2.75) is 19.8 Å². The topological polar surface area (TPSA) is 40.5 Å². The van der Waals surface area contributed by atoms with Crippen LogP contribution < -0.4 is 0 Å². The number of carbonyl (C=O) groups is 1. The molecule has 18 heavy (non-hydrogen) atoms. The molecule has 0 radical (unpaired) electrons. The van der Waals surface area contributed by atoms with Gasteiger partial charge in [-0.15, -0.1) is 0 Å². The van der Waals surface area contributed by atoms with Gasteiger partial charge in [0, 0.05) is 25.8 Å². The average Bonchev–Trinajstić information content (AvgIpc) is 2.34. The highest BCUT2D eigenvalue weighted by Gasteiger charge is 2.14. The Morgan fingerprint density at radius 3 is 2.67 bits per heavy atom. The minimum absolute atomic E-state index is 0.00862. The van der Waals surface area contributed by atoms with E-state index in [2.05, 4.69) is 0 Å². The molecule has 0 spiro atoms. The molecule has 0 heterocycles. The summed E-state index contributed by atoms with van der Waals surface area (Å²) in [5, 5.41) is 8.72. The van der Waals surface area contributed by atoms with Crippen molar-refractivity contribution < 1.29 is 18.7 Å². The fourth-order valence-electron chi connectivity index (χ4n) is 1.66. The lowest BCUT2D eigenvalue weighted by Crippen LogP contribution is -2.33. The fraction of sp³-hybridized carbons (Fsp3) is 0.462. The summed E-state index contributed by atoms with van der Waals surface area (Å²) in [5.41, 5.74) is 0.184. The highest BCUT2D eigenvalue weighted by molar-refractivity contribution is 5.78. The first-order chi connectivity index (χ1) is 8.58. The first-order valence-electron chi connectivity index (χ1n) is 5.91. The van der Waals surface area contributed by atoms with E-state index in [9.17, 15) is 13.6 Å². The SMILES string of the molecule is CCN(CCCO)C(=O)Cc1ccc(F)cc1F. The molecule has 0 atom stereocenters. The zero-order valence-corrected chi connectivity index (χ0v) is 10.3. The molecule has 100 valence electrons. The summed E-state index contributed by atoms with van der Waals surface area (Å²) in [4.78, 5) is 13.4. The smallest absolute Gasteiger partial charge is 0.227 e. The van der Waals surface area contributed by atoms with Crippen molar-refractivity contribution in [1.82, 2.24) is 4.90 Å². The van der Waals surface area contributed by atoms with Gasteiger partial charge in [0.2, 0.25) is 5.91 Å². The van der Waals surface area contributed by atoms with Crippen molar-refractivity contribution in [3.05, 3.63) is 35.4 Å². The third kappa shape index (κ3) is 4.07. The van der Waals surface area contributed by atoms with E-state index >= 15 is 0 Å². The van der Waals surface area contributed by atoms with Gasteiger partial charge < -0.3 is 10.0 Å². The standard InChI is InChI=1S/C13H17F2NO2/c1-2-16(6-3-7-17)13(18)8-10-4-5-11(14)9-12(10)15/h4-5,9,17H,2-3,6-8H2,1H3. The van der Waals surface area contributed by atoms with Gasteiger partial charge in [-0.2, -0.15) is 0 Å². The van der Waals surface area contributed by atoms with Crippen molar-refractivity contribution in [1.29, 1.82) is 0 Å². The number of halogens is 2. The fourth-order valence-corrected chi connectivity index (χ4v) is 1.66. The van der Waals surface area contributed by atoms with E-state index in [-0.39, 0.29) is 24.5 Å². The van der Waals surface area contributed by atoms with E-state index in [4.69, 9.17) is 5.11 Å². The summed E-state index contributed by atoms with van der Waals surface area (Å²) in [5.74, 6) is -1.59. The number of likely N-dealkylation sites (N-methyl/N-ethyl adjacent to an activating group) is 1. The van der Waals surface area contributed by atoms with Crippen molar-refractivity contribution in [3.63, 3.8) is 0 Å². The Morgan fingerprint density at radius 1 is 1.39 bits per heavy atom. The number of aliphatic hydroxyl groups excluding tert-OH is 1. The van der Waals surface area contributed by atoms with E-state index in [1.807, 2.05) is 6.92 Å². The number of benzene rings is 1. The van der Waals surface area contributed by atoms with Gasteiger partial charge in [-0.3, -0.25) is 4.79 Å². The van der Waals surface area contributed by atoms with Crippen LogP contribution in [0.15, 0.2) is 18.2 Å². The second kappa shape index (κ2) is 7.06.